The maximum Gasteiger partial charge on any atom is 0.380 e. The number of alkyl halides is 2. The van der Waals surface area contributed by atoms with Crippen molar-refractivity contribution < 1.29 is 37.4 Å². The van der Waals surface area contributed by atoms with Crippen molar-refractivity contribution in [2.24, 2.45) is 5.92 Å². The lowest BCUT2D eigenvalue weighted by molar-refractivity contribution is -0.120. The predicted molar refractivity (Wildman–Crippen MR) is 152 cm³/mol. The van der Waals surface area contributed by atoms with Crippen molar-refractivity contribution in [3.63, 3.8) is 0 Å². The monoisotopic (exact) mass is 637 g/mol. The van der Waals surface area contributed by atoms with E-state index in [0.717, 1.165) is 10.7 Å². The molecule has 1 aromatic carbocycles. The van der Waals surface area contributed by atoms with Gasteiger partial charge in [-0.05, 0) is 31.9 Å². The van der Waals surface area contributed by atoms with Gasteiger partial charge in [-0.3, -0.25) is 9.32 Å². The fourth-order valence-electron chi connectivity index (χ4n) is 4.51. The predicted octanol–water partition coefficient (Wildman–Crippen LogP) is 2.71. The number of nitrogen functional groups attached to an aromatic ring is 2. The van der Waals surface area contributed by atoms with Gasteiger partial charge in [0.25, 0.3) is 5.13 Å². The molecule has 2 aromatic heterocycles. The third-order valence-electron chi connectivity index (χ3n) is 7.03. The Hall–Kier alpha value is -3.67. The second-order valence-corrected chi connectivity index (χ2v) is 12.8. The van der Waals surface area contributed by atoms with Gasteiger partial charge in [-0.1, -0.05) is 36.7 Å². The highest BCUT2D eigenvalue weighted by Crippen LogP contribution is 2.55. The minimum Gasteiger partial charge on any atom is -0.424 e. The largest absolute Gasteiger partial charge is 0.424 e. The molecule has 17 heteroatoms. The number of carbonyl (C=O) groups excluding carboxylic acids is 2. The van der Waals surface area contributed by atoms with E-state index in [4.69, 9.17) is 36.9 Å². The third-order valence-corrected chi connectivity index (χ3v) is 9.53. The quantitative estimate of drug-likeness (QED) is 0.192. The van der Waals surface area contributed by atoms with Crippen LogP contribution in [-0.4, -0.2) is 66.4 Å². The highest BCUT2D eigenvalue weighted by atomic mass is 35.5. The number of imidazole rings is 1. The Morgan fingerprint density at radius 3 is 2.70 bits per heavy atom. The summed E-state index contributed by atoms with van der Waals surface area (Å²) in [6.45, 7) is 3.51. The van der Waals surface area contributed by atoms with Gasteiger partial charge in [-0.2, -0.15) is 10.2 Å². The number of benzene rings is 1. The van der Waals surface area contributed by atoms with Crippen molar-refractivity contribution in [1.29, 1.82) is 5.26 Å². The number of nitriles is 1. The maximum atomic E-state index is 16.1. The summed E-state index contributed by atoms with van der Waals surface area (Å²) in [7, 11) is -4.23. The fourth-order valence-corrected chi connectivity index (χ4v) is 6.85. The molecule has 0 spiro atoms. The molecule has 43 heavy (non-hydrogen) atoms. The first kappa shape index (κ1) is 32.2. The van der Waals surface area contributed by atoms with Gasteiger partial charge in [0, 0.05) is 12.3 Å². The van der Waals surface area contributed by atoms with Crippen LogP contribution in [0.4, 0.5) is 16.2 Å². The second-order valence-electron chi connectivity index (χ2n) is 10.3. The number of anilines is 2. The fraction of sp³-hybridized carbons (Fsp3) is 0.462. The molecule has 0 bridgehead atoms. The number of fused-ring (bicyclic) bond motifs is 1. The molecule has 3 aromatic rings. The summed E-state index contributed by atoms with van der Waals surface area (Å²) in [5.74, 6) is -1.48. The standard InChI is InChI=1S/C26H30ClFN7O7P/c1-14(16(3)37)12-43(39,42-18-7-5-4-6-17(18)9-8-15(2)36)40-11-19-21(38)26(27,28)25(13-29,41-19)20-10-32-23-22(30)33-24(31)34-35(20)23/h4-7,10,14,19,21,38H,8-9,11-12H2,1-3H3,(H4,30,31,33,34)/t14-,19-,21?,25+,26-,43?/m1/s1. The molecule has 14 nitrogen and oxygen atoms in total. The van der Waals surface area contributed by atoms with Crippen molar-refractivity contribution in [1.82, 2.24) is 19.6 Å². The second kappa shape index (κ2) is 12.1. The van der Waals surface area contributed by atoms with Crippen molar-refractivity contribution in [2.75, 3.05) is 24.2 Å². The van der Waals surface area contributed by atoms with E-state index in [1.165, 1.54) is 26.8 Å². The summed E-state index contributed by atoms with van der Waals surface area (Å²) in [5.41, 5.74) is 8.90. The molecule has 5 N–H and O–H groups in total. The van der Waals surface area contributed by atoms with E-state index in [2.05, 4.69) is 15.1 Å². The molecule has 6 atom stereocenters. The number of ketones is 2. The van der Waals surface area contributed by atoms with Crippen molar-refractivity contribution >= 4 is 48.2 Å². The molecule has 1 aliphatic heterocycles. The summed E-state index contributed by atoms with van der Waals surface area (Å²) in [6, 6.07) is 8.21. The van der Waals surface area contributed by atoms with Gasteiger partial charge in [0.05, 0.1) is 19.0 Å². The zero-order chi connectivity index (χ0) is 31.7. The first-order valence-corrected chi connectivity index (χ1v) is 15.2. The number of aromatic nitrogens is 4. The van der Waals surface area contributed by atoms with E-state index < -0.39 is 43.1 Å². The maximum absolute atomic E-state index is 16.1. The summed E-state index contributed by atoms with van der Waals surface area (Å²) in [4.78, 5) is 31.4. The van der Waals surface area contributed by atoms with Crippen LogP contribution in [0.25, 0.3) is 5.65 Å². The van der Waals surface area contributed by atoms with Gasteiger partial charge in [0.2, 0.25) is 11.5 Å². The zero-order valence-corrected chi connectivity index (χ0v) is 25.1. The minimum atomic E-state index is -4.23. The van der Waals surface area contributed by atoms with Crippen LogP contribution in [0.1, 0.15) is 38.4 Å². The van der Waals surface area contributed by atoms with Crippen molar-refractivity contribution in [3.05, 3.63) is 41.7 Å². The molecule has 4 rings (SSSR count). The Morgan fingerprint density at radius 1 is 1.35 bits per heavy atom. The molecule has 0 saturated carbocycles. The summed E-state index contributed by atoms with van der Waals surface area (Å²) >= 11 is 6.15. The normalized spacial score (nSPS) is 25.6. The van der Waals surface area contributed by atoms with Gasteiger partial charge in [-0.15, -0.1) is 5.10 Å². The Labute approximate surface area is 250 Å². The van der Waals surface area contributed by atoms with Gasteiger partial charge in [0.1, 0.15) is 41.3 Å². The number of nitrogens with zero attached hydrogens (tertiary/aromatic N) is 5. The van der Waals surface area contributed by atoms with Gasteiger partial charge in [0.15, 0.2) is 11.5 Å². The van der Waals surface area contributed by atoms with Crippen LogP contribution in [0, 0.1) is 17.2 Å². The molecular formula is C26H30ClFN7O7P. The lowest BCUT2D eigenvalue weighted by Gasteiger charge is -2.28. The summed E-state index contributed by atoms with van der Waals surface area (Å²) < 4.78 is 48.4. The van der Waals surface area contributed by atoms with E-state index >= 15 is 4.39 Å². The van der Waals surface area contributed by atoms with Crippen LogP contribution < -0.4 is 16.0 Å². The molecular weight excluding hydrogens is 608 g/mol. The highest BCUT2D eigenvalue weighted by Gasteiger charge is 2.69. The number of hydrogen-bond acceptors (Lipinski definition) is 13. The Balaban J connectivity index is 1.66. The van der Waals surface area contributed by atoms with Crippen LogP contribution >= 0.6 is 19.2 Å². The first-order valence-electron chi connectivity index (χ1n) is 13.1. The number of nitrogens with two attached hydrogens (primary N) is 2. The van der Waals surface area contributed by atoms with Gasteiger partial charge >= 0.3 is 7.60 Å². The number of rotatable bonds is 12. The number of hydrogen-bond donors (Lipinski definition) is 3. The number of ether oxygens (including phenoxy) is 1. The van der Waals surface area contributed by atoms with Crippen LogP contribution in [0.5, 0.6) is 5.75 Å². The molecule has 0 amide bonds. The molecule has 0 radical (unpaired) electrons. The third kappa shape index (κ3) is 6.20. The molecule has 3 heterocycles. The molecule has 2 unspecified atom stereocenters. The molecule has 1 fully saturated rings. The van der Waals surface area contributed by atoms with E-state index in [1.807, 2.05) is 0 Å². The number of carbonyl (C=O) groups is 2. The minimum absolute atomic E-state index is 0.0636. The Morgan fingerprint density at radius 2 is 2.05 bits per heavy atom. The van der Waals surface area contributed by atoms with Gasteiger partial charge < -0.3 is 30.6 Å². The Bertz CT molecular complexity index is 1650. The van der Waals surface area contributed by atoms with E-state index in [1.54, 1.807) is 24.3 Å². The van der Waals surface area contributed by atoms with Crippen LogP contribution in [0.2, 0.25) is 0 Å². The van der Waals surface area contributed by atoms with Crippen LogP contribution in [0.3, 0.4) is 0 Å². The number of aliphatic hydroxyl groups is 1. The number of para-hydroxylation sites is 1. The lowest BCUT2D eigenvalue weighted by atomic mass is 9.93. The summed E-state index contributed by atoms with van der Waals surface area (Å²) in [6.07, 6.45) is -2.72. The first-order chi connectivity index (χ1) is 20.1. The number of aryl methyl sites for hydroxylation is 1. The molecule has 1 aliphatic rings. The van der Waals surface area contributed by atoms with Crippen molar-refractivity contribution in [3.8, 4) is 11.8 Å². The lowest BCUT2D eigenvalue weighted by Crippen LogP contribution is -2.46. The number of aliphatic hydroxyl groups excluding tert-OH is 1. The topological polar surface area (TPSA) is 218 Å². The average molecular weight is 638 g/mol. The molecule has 230 valence electrons. The average Bonchev–Trinajstić information content (AvgIpc) is 3.44. The van der Waals surface area contributed by atoms with Crippen molar-refractivity contribution in [2.45, 2.75) is 56.5 Å². The van der Waals surface area contributed by atoms with E-state index in [9.17, 15) is 24.5 Å². The van der Waals surface area contributed by atoms with Crippen LogP contribution in [-0.2, 0) is 35.4 Å². The van der Waals surface area contributed by atoms with E-state index in [-0.39, 0.29) is 59.4 Å². The number of halogens is 2. The highest BCUT2D eigenvalue weighted by molar-refractivity contribution is 7.54. The molecule has 1 saturated heterocycles. The Kier molecular flexibility index (Phi) is 9.10. The van der Waals surface area contributed by atoms with Crippen LogP contribution in [0.15, 0.2) is 30.5 Å². The SMILES string of the molecule is CC(=O)CCc1ccccc1OP(=O)(C[C@@H](C)C(C)=O)OC[C@H]1O[C@@](C#N)(c2cnc3c(N)nc(N)nn23)[C@@](F)(Cl)C1O. The smallest absolute Gasteiger partial charge is 0.380 e. The number of Topliss-reactive ketones (excluding diaryl/α,β-unsaturated/α-hetero) is 2. The van der Waals surface area contributed by atoms with E-state index in [0.29, 0.717) is 5.56 Å². The summed E-state index contributed by atoms with van der Waals surface area (Å²) in [5, 5.41) is 21.7. The molecule has 0 aliphatic carbocycles. The zero-order valence-electron chi connectivity index (χ0n) is 23.4. The van der Waals surface area contributed by atoms with Gasteiger partial charge in [-0.25, -0.2) is 18.5 Å².